The molecule has 0 aromatic rings. The molecule has 5 nitrogen and oxygen atoms in total. The van der Waals surface area contributed by atoms with Crippen LogP contribution in [0.25, 0.3) is 0 Å². The number of hydrogen-bond acceptors (Lipinski definition) is 4. The van der Waals surface area contributed by atoms with Crippen LogP contribution in [-0.4, -0.2) is 35.6 Å². The predicted molar refractivity (Wildman–Crippen MR) is 43.8 cm³/mol. The van der Waals surface area contributed by atoms with Crippen LogP contribution in [0.4, 0.5) is 4.39 Å². The lowest BCUT2D eigenvalue weighted by molar-refractivity contribution is -0.144. The first-order valence-electron chi connectivity index (χ1n) is 3.76. The molecule has 0 amide bonds. The van der Waals surface area contributed by atoms with E-state index in [2.05, 4.69) is 0 Å². The maximum absolute atomic E-state index is 12.2. The summed E-state index contributed by atoms with van der Waals surface area (Å²) in [4.78, 5) is 21.1. The van der Waals surface area contributed by atoms with Gasteiger partial charge in [-0.15, -0.1) is 0 Å². The van der Waals surface area contributed by atoms with Crippen molar-refractivity contribution in [3.05, 3.63) is 0 Å². The van der Waals surface area contributed by atoms with E-state index in [1.165, 1.54) is 0 Å². The molecule has 5 N–H and O–H groups in total. The van der Waals surface area contributed by atoms with Crippen LogP contribution < -0.4 is 11.5 Å². The highest BCUT2D eigenvalue weighted by Gasteiger charge is 2.34. The molecular weight excluding hydrogens is 179 g/mol. The third-order valence-electron chi connectivity index (χ3n) is 1.74. The number of ketones is 1. The van der Waals surface area contributed by atoms with E-state index in [4.69, 9.17) is 16.6 Å². The zero-order chi connectivity index (χ0) is 10.5. The van der Waals surface area contributed by atoms with E-state index in [1.54, 1.807) is 0 Å². The Labute approximate surface area is 74.9 Å². The minimum Gasteiger partial charge on any atom is -0.480 e. The van der Waals surface area contributed by atoms with Crippen molar-refractivity contribution in [1.82, 2.24) is 0 Å². The van der Waals surface area contributed by atoms with Gasteiger partial charge in [0.15, 0.2) is 0 Å². The van der Waals surface area contributed by atoms with Gasteiger partial charge in [-0.2, -0.15) is 0 Å². The number of carbonyl (C=O) groups excluding carboxylic acids is 1. The van der Waals surface area contributed by atoms with Gasteiger partial charge in [-0.25, -0.2) is 4.39 Å². The van der Waals surface area contributed by atoms with E-state index in [1.807, 2.05) is 0 Å². The van der Waals surface area contributed by atoms with Gasteiger partial charge in [0.25, 0.3) is 0 Å². The summed E-state index contributed by atoms with van der Waals surface area (Å²) >= 11 is 0. The number of carboxylic acid groups (broad SMARTS) is 1. The predicted octanol–water partition coefficient (Wildman–Crippen LogP) is -0.954. The maximum atomic E-state index is 12.2. The van der Waals surface area contributed by atoms with Crippen LogP contribution in [0.1, 0.15) is 12.8 Å². The fourth-order valence-corrected chi connectivity index (χ4v) is 0.695. The van der Waals surface area contributed by atoms with Crippen molar-refractivity contribution in [3.8, 4) is 0 Å². The molecule has 0 aromatic heterocycles. The van der Waals surface area contributed by atoms with Crippen molar-refractivity contribution in [2.45, 2.75) is 18.4 Å². The molecule has 0 aromatic carbocycles. The Bertz CT molecular complexity index is 210. The molecule has 0 radical (unpaired) electrons. The Kier molecular flexibility index (Phi) is 4.50. The van der Waals surface area contributed by atoms with Gasteiger partial charge in [0, 0.05) is 6.42 Å². The van der Waals surface area contributed by atoms with Crippen molar-refractivity contribution in [1.29, 1.82) is 0 Å². The first kappa shape index (κ1) is 12.0. The normalized spacial score (nSPS) is 15.0. The summed E-state index contributed by atoms with van der Waals surface area (Å²) in [5.74, 6) is -1.77. The molecule has 1 atom stereocenters. The molecule has 13 heavy (non-hydrogen) atoms. The molecule has 0 spiro atoms. The summed E-state index contributed by atoms with van der Waals surface area (Å²) in [5.41, 5.74) is 8.21. The summed E-state index contributed by atoms with van der Waals surface area (Å²) in [6, 6.07) is 0. The topological polar surface area (TPSA) is 106 Å². The summed E-state index contributed by atoms with van der Waals surface area (Å²) in [6.07, 6.45) is -0.335. The lowest BCUT2D eigenvalue weighted by atomic mass is 9.95. The zero-order valence-electron chi connectivity index (χ0n) is 7.12. The number of Topliss-reactive ketones (excluding diaryl/α,β-unsaturated/α-hetero) is 1. The van der Waals surface area contributed by atoms with Gasteiger partial charge in [-0.05, 0) is 6.42 Å². The first-order chi connectivity index (χ1) is 5.96. The lowest BCUT2D eigenvalue weighted by Gasteiger charge is -2.19. The van der Waals surface area contributed by atoms with Gasteiger partial charge in [0.2, 0.25) is 0 Å². The summed E-state index contributed by atoms with van der Waals surface area (Å²) in [7, 11) is 0. The van der Waals surface area contributed by atoms with Gasteiger partial charge in [-0.3, -0.25) is 9.59 Å². The molecule has 0 aliphatic heterocycles. The summed E-state index contributed by atoms with van der Waals surface area (Å²) < 4.78 is 12.2. The fraction of sp³-hybridized carbons (Fsp3) is 0.714. The molecular formula is C7H13FN2O3. The SMILES string of the molecule is NCC(=O)CCC(N)(CF)C(=O)O. The molecule has 0 bridgehead atoms. The zero-order valence-corrected chi connectivity index (χ0v) is 7.12. The smallest absolute Gasteiger partial charge is 0.326 e. The van der Waals surface area contributed by atoms with E-state index >= 15 is 0 Å². The van der Waals surface area contributed by atoms with Crippen LogP contribution in [-0.2, 0) is 9.59 Å². The van der Waals surface area contributed by atoms with Crippen LogP contribution in [0.3, 0.4) is 0 Å². The monoisotopic (exact) mass is 192 g/mol. The molecule has 0 heterocycles. The van der Waals surface area contributed by atoms with Crippen LogP contribution in [0.5, 0.6) is 0 Å². The van der Waals surface area contributed by atoms with E-state index < -0.39 is 18.2 Å². The number of nitrogens with two attached hydrogens (primary N) is 2. The largest absolute Gasteiger partial charge is 0.480 e. The van der Waals surface area contributed by atoms with Gasteiger partial charge >= 0.3 is 5.97 Å². The highest BCUT2D eigenvalue weighted by Crippen LogP contribution is 2.11. The van der Waals surface area contributed by atoms with E-state index in [9.17, 15) is 14.0 Å². The Morgan fingerprint density at radius 2 is 2.00 bits per heavy atom. The van der Waals surface area contributed by atoms with Crippen molar-refractivity contribution >= 4 is 11.8 Å². The quantitative estimate of drug-likeness (QED) is 0.502. The molecule has 0 aliphatic rings. The average molecular weight is 192 g/mol. The van der Waals surface area contributed by atoms with Crippen molar-refractivity contribution < 1.29 is 19.1 Å². The number of carbonyl (C=O) groups is 2. The van der Waals surface area contributed by atoms with Crippen molar-refractivity contribution in [2.24, 2.45) is 11.5 Å². The van der Waals surface area contributed by atoms with E-state index in [0.29, 0.717) is 0 Å². The molecule has 0 fully saturated rings. The molecule has 6 heteroatoms. The number of alkyl halides is 1. The number of rotatable bonds is 6. The van der Waals surface area contributed by atoms with Gasteiger partial charge in [0.05, 0.1) is 6.54 Å². The lowest BCUT2D eigenvalue weighted by Crippen LogP contribution is -2.50. The number of carboxylic acids is 1. The minimum atomic E-state index is -1.95. The Hall–Kier alpha value is -1.01. The van der Waals surface area contributed by atoms with Crippen molar-refractivity contribution in [2.75, 3.05) is 13.2 Å². The fourth-order valence-electron chi connectivity index (χ4n) is 0.695. The molecule has 76 valence electrons. The van der Waals surface area contributed by atoms with E-state index in [0.717, 1.165) is 0 Å². The second-order valence-electron chi connectivity index (χ2n) is 2.84. The van der Waals surface area contributed by atoms with Crippen LogP contribution in [0.15, 0.2) is 0 Å². The maximum Gasteiger partial charge on any atom is 0.326 e. The van der Waals surface area contributed by atoms with E-state index in [-0.39, 0.29) is 25.2 Å². The average Bonchev–Trinajstić information content (AvgIpc) is 2.13. The number of aliphatic carboxylic acids is 1. The number of hydrogen-bond donors (Lipinski definition) is 3. The third-order valence-corrected chi connectivity index (χ3v) is 1.74. The Morgan fingerprint density at radius 1 is 1.46 bits per heavy atom. The number of halogens is 1. The van der Waals surface area contributed by atoms with Gasteiger partial charge in [0.1, 0.15) is 18.0 Å². The molecule has 1 unspecified atom stereocenters. The van der Waals surface area contributed by atoms with Gasteiger partial charge < -0.3 is 16.6 Å². The van der Waals surface area contributed by atoms with Gasteiger partial charge in [-0.1, -0.05) is 0 Å². The van der Waals surface area contributed by atoms with Crippen molar-refractivity contribution in [3.63, 3.8) is 0 Å². The second-order valence-corrected chi connectivity index (χ2v) is 2.84. The third kappa shape index (κ3) is 3.47. The Morgan fingerprint density at radius 3 is 2.31 bits per heavy atom. The highest BCUT2D eigenvalue weighted by atomic mass is 19.1. The van der Waals surface area contributed by atoms with Crippen LogP contribution in [0.2, 0.25) is 0 Å². The van der Waals surface area contributed by atoms with Crippen LogP contribution >= 0.6 is 0 Å². The summed E-state index contributed by atoms with van der Waals surface area (Å²) in [6.45, 7) is -1.37. The standard InChI is InChI=1S/C7H13FN2O3/c8-4-7(10,6(12)13)2-1-5(11)3-9/h1-4,9-10H2,(H,12,13). The molecule has 0 saturated carbocycles. The Balaban J connectivity index is 4.13. The molecule has 0 rings (SSSR count). The molecule has 0 aliphatic carbocycles. The van der Waals surface area contributed by atoms with Crippen LogP contribution in [0, 0.1) is 0 Å². The molecule has 0 saturated heterocycles. The minimum absolute atomic E-state index is 0.108. The highest BCUT2D eigenvalue weighted by molar-refractivity contribution is 5.83. The second kappa shape index (κ2) is 4.88. The summed E-state index contributed by atoms with van der Waals surface area (Å²) in [5, 5.41) is 8.51. The first-order valence-corrected chi connectivity index (χ1v) is 3.76.